The van der Waals surface area contributed by atoms with Gasteiger partial charge in [-0.3, -0.25) is 29.0 Å². The highest BCUT2D eigenvalue weighted by Crippen LogP contribution is 2.28. The molecule has 1 fully saturated rings. The number of hydrogen-bond acceptors (Lipinski definition) is 9. The van der Waals surface area contributed by atoms with Crippen LogP contribution in [0.3, 0.4) is 0 Å². The van der Waals surface area contributed by atoms with Gasteiger partial charge in [-0.05, 0) is 64.2 Å². The van der Waals surface area contributed by atoms with Crippen LogP contribution in [0.25, 0.3) is 0 Å². The minimum absolute atomic E-state index is 0.0154. The van der Waals surface area contributed by atoms with Gasteiger partial charge in [-0.1, -0.05) is 5.21 Å². The van der Waals surface area contributed by atoms with Gasteiger partial charge in [0.2, 0.25) is 23.6 Å². The third-order valence-electron chi connectivity index (χ3n) is 7.87. The highest BCUT2D eigenvalue weighted by Gasteiger charge is 2.44. The number of Topliss-reactive ketones (excluding diaryl/α,β-unsaturated/α-hetero) is 1. The van der Waals surface area contributed by atoms with Gasteiger partial charge < -0.3 is 38.1 Å². The Morgan fingerprint density at radius 3 is 2.33 bits per heavy atom. The van der Waals surface area contributed by atoms with Crippen molar-refractivity contribution in [3.8, 4) is 0 Å². The molecule has 1 aromatic rings. The highest BCUT2D eigenvalue weighted by molar-refractivity contribution is 5.96. The van der Waals surface area contributed by atoms with Crippen LogP contribution >= 0.6 is 0 Å². The van der Waals surface area contributed by atoms with Gasteiger partial charge in [-0.2, -0.15) is 17.9 Å². The molecule has 0 saturated heterocycles. The summed E-state index contributed by atoms with van der Waals surface area (Å²) in [5.74, 6) is -4.70. The molecule has 17 nitrogen and oxygen atoms in total. The molecule has 0 radical (unpaired) electrons. The number of hydrogen-bond donors (Lipinski definition) is 7. The van der Waals surface area contributed by atoms with Crippen molar-refractivity contribution in [2.24, 2.45) is 22.4 Å². The largest absolute Gasteiger partial charge is 0.452 e. The van der Waals surface area contributed by atoms with Crippen LogP contribution in [0.4, 0.5) is 18.0 Å². The minimum Gasteiger partial charge on any atom is -0.370 e. The van der Waals surface area contributed by atoms with Gasteiger partial charge in [-0.15, -0.1) is 5.10 Å². The van der Waals surface area contributed by atoms with Crippen molar-refractivity contribution in [2.75, 3.05) is 19.6 Å². The van der Waals surface area contributed by atoms with Crippen molar-refractivity contribution in [1.29, 1.82) is 0 Å². The normalized spacial score (nSPS) is 21.7. The number of aryl methyl sites for hydroxylation is 1. The lowest BCUT2D eigenvalue weighted by molar-refractivity contribution is -0.174. The Morgan fingerprint density at radius 2 is 1.63 bits per heavy atom. The molecule has 2 aliphatic rings. The number of unbranched alkanes of at least 4 members (excludes halogenated alkanes) is 1. The smallest absolute Gasteiger partial charge is 0.370 e. The monoisotopic (exact) mass is 699 g/mol. The number of aliphatic imine (C=N–C) groups is 1. The number of nitrogens with two attached hydrogens (primary N) is 2. The topological polar surface area (TPSA) is 258 Å². The molecule has 1 saturated carbocycles. The Morgan fingerprint density at radius 1 is 0.939 bits per heavy atom. The molecular weight excluding hydrogens is 655 g/mol. The third kappa shape index (κ3) is 13.7. The van der Waals surface area contributed by atoms with Crippen molar-refractivity contribution >= 4 is 41.4 Å². The summed E-state index contributed by atoms with van der Waals surface area (Å²) in [4.78, 5) is 80.4. The predicted octanol–water partition coefficient (Wildman–Crippen LogP) is -0.712. The number of halogens is 3. The first-order chi connectivity index (χ1) is 23.2. The van der Waals surface area contributed by atoms with E-state index in [1.54, 1.807) is 0 Å². The molecule has 2 bridgehead atoms. The molecule has 20 heteroatoms. The van der Waals surface area contributed by atoms with Crippen molar-refractivity contribution in [1.82, 2.24) is 41.6 Å². The number of carbonyl (C=O) groups is 6. The third-order valence-corrected chi connectivity index (χ3v) is 7.87. The second-order valence-corrected chi connectivity index (χ2v) is 12.0. The highest BCUT2D eigenvalue weighted by atomic mass is 19.4. The average Bonchev–Trinajstić information content (AvgIpc) is 3.79. The maximum atomic E-state index is 13.6. The Bertz CT molecular complexity index is 1360. The number of nitrogens with zero attached hydrogens (tertiary/aromatic N) is 4. The number of nitrogens with one attached hydrogen (secondary N) is 5. The zero-order valence-electron chi connectivity index (χ0n) is 27.0. The summed E-state index contributed by atoms with van der Waals surface area (Å²) in [7, 11) is 0. The summed E-state index contributed by atoms with van der Waals surface area (Å²) in [6.07, 6.45) is -1.43. The zero-order valence-corrected chi connectivity index (χ0v) is 27.0. The number of ketones is 1. The molecular formula is C29H44F3N11O6. The van der Waals surface area contributed by atoms with Crippen LogP contribution < -0.4 is 38.1 Å². The van der Waals surface area contributed by atoms with Crippen LogP contribution in [0, 0.1) is 5.92 Å². The quantitative estimate of drug-likeness (QED) is 0.0867. The van der Waals surface area contributed by atoms with Gasteiger partial charge in [0, 0.05) is 38.4 Å². The molecule has 2 heterocycles. The van der Waals surface area contributed by atoms with Crippen LogP contribution in [-0.4, -0.2) is 100 Å². The first-order valence-corrected chi connectivity index (χ1v) is 16.3. The zero-order chi connectivity index (χ0) is 36.0. The Balaban J connectivity index is 1.84. The van der Waals surface area contributed by atoms with Crippen molar-refractivity contribution in [3.05, 3.63) is 11.9 Å². The fourth-order valence-electron chi connectivity index (χ4n) is 4.99. The molecule has 0 unspecified atom stereocenters. The predicted molar refractivity (Wildman–Crippen MR) is 167 cm³/mol. The Kier molecular flexibility index (Phi) is 14.7. The summed E-state index contributed by atoms with van der Waals surface area (Å²) in [5.41, 5.74) is 11.0. The number of fused-ring (bicyclic) bond motifs is 2. The van der Waals surface area contributed by atoms with Gasteiger partial charge in [0.05, 0.1) is 17.9 Å². The Labute approximate surface area is 280 Å². The maximum Gasteiger partial charge on any atom is 0.452 e. The van der Waals surface area contributed by atoms with Crippen molar-refractivity contribution in [2.45, 2.75) is 101 Å². The van der Waals surface area contributed by atoms with Crippen LogP contribution in [0.1, 0.15) is 76.3 Å². The fourth-order valence-corrected chi connectivity index (χ4v) is 4.99. The van der Waals surface area contributed by atoms with E-state index in [-0.39, 0.29) is 88.1 Å². The van der Waals surface area contributed by atoms with Gasteiger partial charge in [0.25, 0.3) is 5.78 Å². The van der Waals surface area contributed by atoms with Gasteiger partial charge in [0.15, 0.2) is 5.96 Å². The number of rotatable bonds is 11. The number of alkyl halides is 3. The summed E-state index contributed by atoms with van der Waals surface area (Å²) in [6.45, 7) is 0.467. The van der Waals surface area contributed by atoms with E-state index in [0.717, 1.165) is 17.5 Å². The van der Waals surface area contributed by atoms with E-state index >= 15 is 0 Å². The average molecular weight is 700 g/mol. The van der Waals surface area contributed by atoms with Crippen molar-refractivity contribution in [3.63, 3.8) is 0 Å². The number of guanidine groups is 1. The van der Waals surface area contributed by atoms with E-state index in [0.29, 0.717) is 25.1 Å². The molecule has 49 heavy (non-hydrogen) atoms. The van der Waals surface area contributed by atoms with Crippen LogP contribution in [0.2, 0.25) is 0 Å². The fraction of sp³-hybridized carbons (Fsp3) is 0.690. The molecule has 9 N–H and O–H groups in total. The van der Waals surface area contributed by atoms with E-state index in [1.165, 1.54) is 6.20 Å². The molecule has 1 aliphatic carbocycles. The van der Waals surface area contributed by atoms with Crippen LogP contribution in [0.5, 0.6) is 0 Å². The molecule has 5 amide bonds. The van der Waals surface area contributed by atoms with Crippen LogP contribution in [0.15, 0.2) is 11.2 Å². The summed E-state index contributed by atoms with van der Waals surface area (Å²) in [6, 6.07) is -5.49. The molecule has 3 atom stereocenters. The first kappa shape index (κ1) is 38.7. The lowest BCUT2D eigenvalue weighted by Gasteiger charge is -2.25. The van der Waals surface area contributed by atoms with E-state index in [9.17, 15) is 41.9 Å². The summed E-state index contributed by atoms with van der Waals surface area (Å²) < 4.78 is 41.3. The molecule has 1 aliphatic heterocycles. The molecule has 0 spiro atoms. The molecule has 1 aromatic heterocycles. The number of aromatic nitrogens is 3. The standard InChI is InChI=1S/C29H44F3N11O6/c30-29(31,32)23(45)19-6-1-3-13-35-22(44)12-11-18-16-43(42-41-18)28(49)40-21(7-2-4-14-36-24(46)17-9-10-17)26(48)39-20(25(47)38-19)8-5-15-37-27(33)34/h16-17,19-21H,1-15H2,(H,35,44)(H,36,46)(H,38,47)(H,39,48)(H,40,49)(H4,33,34,37)/t19-,20-,21-/m0/s1. The van der Waals surface area contributed by atoms with Gasteiger partial charge >= 0.3 is 12.2 Å². The second-order valence-electron chi connectivity index (χ2n) is 12.0. The van der Waals surface area contributed by atoms with Gasteiger partial charge in [0.1, 0.15) is 12.1 Å². The van der Waals surface area contributed by atoms with E-state index in [4.69, 9.17) is 11.5 Å². The van der Waals surface area contributed by atoms with Crippen LogP contribution in [-0.2, 0) is 30.4 Å². The second kappa shape index (κ2) is 18.7. The maximum absolute atomic E-state index is 13.6. The summed E-state index contributed by atoms with van der Waals surface area (Å²) >= 11 is 0. The minimum atomic E-state index is -5.25. The lowest BCUT2D eigenvalue weighted by atomic mass is 10.0. The summed E-state index contributed by atoms with van der Waals surface area (Å²) in [5, 5.41) is 20.3. The SMILES string of the molecule is NC(N)=NCCC[C@@H]1NC(=O)[C@H](CCCCNC(=O)C2CC2)NC(=O)n2cc(nn2)CCC(=O)NCCCC[C@@H](C(=O)C(F)(F)F)NC1=O. The van der Waals surface area contributed by atoms with Crippen molar-refractivity contribution < 1.29 is 41.9 Å². The van der Waals surface area contributed by atoms with E-state index in [1.807, 2.05) is 0 Å². The number of amides is 5. The number of carbonyl (C=O) groups excluding carboxylic acids is 6. The first-order valence-electron chi connectivity index (χ1n) is 16.3. The molecule has 272 valence electrons. The molecule has 0 aromatic carbocycles. The lowest BCUT2D eigenvalue weighted by Crippen LogP contribution is -2.57. The van der Waals surface area contributed by atoms with E-state index in [2.05, 4.69) is 41.9 Å². The van der Waals surface area contributed by atoms with Gasteiger partial charge in [-0.25, -0.2) is 4.79 Å². The van der Waals surface area contributed by atoms with E-state index < -0.39 is 47.9 Å². The Hall–Kier alpha value is -4.78. The molecule has 3 rings (SSSR count).